The fourth-order valence-corrected chi connectivity index (χ4v) is 4.22. The molecule has 0 bridgehead atoms. The van der Waals surface area contributed by atoms with Gasteiger partial charge in [0.2, 0.25) is 15.9 Å². The number of benzene rings is 1. The Morgan fingerprint density at radius 2 is 1.76 bits per heavy atom. The molecular weight excluding hydrogens is 385 g/mol. The summed E-state index contributed by atoms with van der Waals surface area (Å²) in [7, 11) is -3.60. The first-order chi connectivity index (χ1) is 11.0. The van der Waals surface area contributed by atoms with E-state index < -0.39 is 16.1 Å². The standard InChI is InChI=1S/C16H24ClN3O3S.ClH/c1-16(2,3)14(18)15(21)19-7-9-20(10-8-19)24(22,23)13-6-4-5-12(17)11-13;/h4-6,11,14H,7-10,18H2,1-3H3;1H/t14-;/m1./s1. The van der Waals surface area contributed by atoms with Gasteiger partial charge in [-0.15, -0.1) is 12.4 Å². The van der Waals surface area contributed by atoms with E-state index in [1.165, 1.54) is 16.4 Å². The number of carbonyl (C=O) groups excluding carboxylic acids is 1. The third-order valence-corrected chi connectivity index (χ3v) is 6.31. The summed E-state index contributed by atoms with van der Waals surface area (Å²) in [4.78, 5) is 14.2. The predicted molar refractivity (Wildman–Crippen MR) is 101 cm³/mol. The maximum Gasteiger partial charge on any atom is 0.243 e. The highest BCUT2D eigenvalue weighted by Gasteiger charge is 2.35. The van der Waals surface area contributed by atoms with Crippen LogP contribution in [0.1, 0.15) is 20.8 Å². The van der Waals surface area contributed by atoms with Crippen LogP contribution in [0.2, 0.25) is 5.02 Å². The molecule has 1 atom stereocenters. The van der Waals surface area contributed by atoms with Crippen LogP contribution in [-0.4, -0.2) is 55.8 Å². The molecule has 1 heterocycles. The second kappa shape index (κ2) is 8.22. The summed E-state index contributed by atoms with van der Waals surface area (Å²) in [5, 5.41) is 0.376. The van der Waals surface area contributed by atoms with Gasteiger partial charge in [-0.05, 0) is 23.6 Å². The van der Waals surface area contributed by atoms with Crippen LogP contribution in [-0.2, 0) is 14.8 Å². The summed E-state index contributed by atoms with van der Waals surface area (Å²) in [5.41, 5.74) is 5.68. The van der Waals surface area contributed by atoms with Gasteiger partial charge < -0.3 is 10.6 Å². The van der Waals surface area contributed by atoms with Crippen LogP contribution in [0.3, 0.4) is 0 Å². The lowest BCUT2D eigenvalue weighted by Crippen LogP contribution is -2.56. The molecule has 2 rings (SSSR count). The number of nitrogens with zero attached hydrogens (tertiary/aromatic N) is 2. The second-order valence-electron chi connectivity index (χ2n) is 7.03. The third kappa shape index (κ3) is 5.08. The first-order valence-corrected chi connectivity index (χ1v) is 9.65. The number of rotatable bonds is 3. The lowest BCUT2D eigenvalue weighted by molar-refractivity contribution is -0.136. The van der Waals surface area contributed by atoms with E-state index in [0.29, 0.717) is 18.1 Å². The average molecular weight is 410 g/mol. The van der Waals surface area contributed by atoms with E-state index in [-0.39, 0.29) is 41.7 Å². The van der Waals surface area contributed by atoms with Crippen molar-refractivity contribution in [3.05, 3.63) is 29.3 Å². The molecule has 25 heavy (non-hydrogen) atoms. The number of hydrogen-bond donors (Lipinski definition) is 1. The Hall–Kier alpha value is -0.860. The van der Waals surface area contributed by atoms with E-state index in [4.69, 9.17) is 17.3 Å². The maximum absolute atomic E-state index is 12.6. The van der Waals surface area contributed by atoms with Crippen LogP contribution in [0.5, 0.6) is 0 Å². The van der Waals surface area contributed by atoms with Gasteiger partial charge >= 0.3 is 0 Å². The van der Waals surface area contributed by atoms with Gasteiger partial charge in [0.15, 0.2) is 0 Å². The Bertz CT molecular complexity index is 712. The van der Waals surface area contributed by atoms with Gasteiger partial charge in [-0.2, -0.15) is 4.31 Å². The van der Waals surface area contributed by atoms with Crippen LogP contribution < -0.4 is 5.73 Å². The minimum atomic E-state index is -3.60. The Morgan fingerprint density at radius 1 is 1.20 bits per heavy atom. The minimum absolute atomic E-state index is 0. The quantitative estimate of drug-likeness (QED) is 0.826. The van der Waals surface area contributed by atoms with Crippen LogP contribution in [0.4, 0.5) is 0 Å². The molecular formula is C16H25Cl2N3O3S. The van der Waals surface area contributed by atoms with Crippen LogP contribution in [0.25, 0.3) is 0 Å². The Morgan fingerprint density at radius 3 is 2.24 bits per heavy atom. The van der Waals surface area contributed by atoms with Crippen molar-refractivity contribution in [2.24, 2.45) is 11.1 Å². The molecule has 1 aliphatic rings. The van der Waals surface area contributed by atoms with E-state index in [0.717, 1.165) is 0 Å². The summed E-state index contributed by atoms with van der Waals surface area (Å²) in [6.45, 7) is 6.90. The molecule has 0 unspecified atom stereocenters. The third-order valence-electron chi connectivity index (χ3n) is 4.18. The SMILES string of the molecule is CC(C)(C)[C@H](N)C(=O)N1CCN(S(=O)(=O)c2cccc(Cl)c2)CC1.Cl. The van der Waals surface area contributed by atoms with Crippen molar-refractivity contribution in [3.8, 4) is 0 Å². The monoisotopic (exact) mass is 409 g/mol. The first kappa shape index (κ1) is 22.2. The molecule has 0 radical (unpaired) electrons. The van der Waals surface area contributed by atoms with Gasteiger partial charge in [-0.25, -0.2) is 8.42 Å². The molecule has 1 aromatic rings. The number of sulfonamides is 1. The van der Waals surface area contributed by atoms with Crippen LogP contribution in [0.15, 0.2) is 29.2 Å². The van der Waals surface area contributed by atoms with Gasteiger partial charge in [0, 0.05) is 31.2 Å². The largest absolute Gasteiger partial charge is 0.339 e. The highest BCUT2D eigenvalue weighted by Crippen LogP contribution is 2.23. The molecule has 142 valence electrons. The first-order valence-electron chi connectivity index (χ1n) is 7.83. The van der Waals surface area contributed by atoms with Crippen molar-refractivity contribution in [3.63, 3.8) is 0 Å². The zero-order valence-electron chi connectivity index (χ0n) is 14.6. The lowest BCUT2D eigenvalue weighted by Gasteiger charge is -2.37. The highest BCUT2D eigenvalue weighted by atomic mass is 35.5. The molecule has 1 aliphatic heterocycles. The summed E-state index contributed by atoms with van der Waals surface area (Å²) in [6.07, 6.45) is 0. The molecule has 0 saturated carbocycles. The molecule has 6 nitrogen and oxygen atoms in total. The normalized spacial score (nSPS) is 17.7. The van der Waals surface area contributed by atoms with Gasteiger partial charge in [0.05, 0.1) is 10.9 Å². The van der Waals surface area contributed by atoms with E-state index >= 15 is 0 Å². The van der Waals surface area contributed by atoms with Gasteiger partial charge in [-0.1, -0.05) is 38.4 Å². The van der Waals surface area contributed by atoms with Gasteiger partial charge in [0.1, 0.15) is 0 Å². The predicted octanol–water partition coefficient (Wildman–Crippen LogP) is 1.97. The number of hydrogen-bond acceptors (Lipinski definition) is 4. The van der Waals surface area contributed by atoms with Crippen molar-refractivity contribution in [1.82, 2.24) is 9.21 Å². The fourth-order valence-electron chi connectivity index (χ4n) is 2.49. The molecule has 0 aliphatic carbocycles. The van der Waals surface area contributed by atoms with Crippen molar-refractivity contribution in [2.45, 2.75) is 31.7 Å². The van der Waals surface area contributed by atoms with E-state index in [2.05, 4.69) is 0 Å². The zero-order valence-corrected chi connectivity index (χ0v) is 17.0. The maximum atomic E-state index is 12.6. The number of halogens is 2. The Balaban J connectivity index is 0.00000312. The zero-order chi connectivity index (χ0) is 18.1. The van der Waals surface area contributed by atoms with Crippen molar-refractivity contribution >= 4 is 39.9 Å². The summed E-state index contributed by atoms with van der Waals surface area (Å²) in [5.74, 6) is -0.137. The number of carbonyl (C=O) groups is 1. The van der Waals surface area contributed by atoms with Crippen molar-refractivity contribution in [2.75, 3.05) is 26.2 Å². The molecule has 0 aromatic heterocycles. The molecule has 2 N–H and O–H groups in total. The molecule has 9 heteroatoms. The Kier molecular flexibility index (Phi) is 7.30. The second-order valence-corrected chi connectivity index (χ2v) is 9.40. The molecule has 1 saturated heterocycles. The fraction of sp³-hybridized carbons (Fsp3) is 0.562. The Labute approximate surface area is 160 Å². The van der Waals surface area contributed by atoms with Gasteiger partial charge in [-0.3, -0.25) is 4.79 Å². The van der Waals surface area contributed by atoms with E-state index in [1.54, 1.807) is 17.0 Å². The van der Waals surface area contributed by atoms with Gasteiger partial charge in [0.25, 0.3) is 0 Å². The van der Waals surface area contributed by atoms with Crippen molar-refractivity contribution in [1.29, 1.82) is 0 Å². The minimum Gasteiger partial charge on any atom is -0.339 e. The van der Waals surface area contributed by atoms with E-state index in [9.17, 15) is 13.2 Å². The number of piperazine rings is 1. The lowest BCUT2D eigenvalue weighted by atomic mass is 9.86. The topological polar surface area (TPSA) is 83.7 Å². The van der Waals surface area contributed by atoms with Crippen molar-refractivity contribution < 1.29 is 13.2 Å². The number of nitrogens with two attached hydrogens (primary N) is 1. The smallest absolute Gasteiger partial charge is 0.243 e. The highest BCUT2D eigenvalue weighted by molar-refractivity contribution is 7.89. The number of amides is 1. The summed E-state index contributed by atoms with van der Waals surface area (Å²) >= 11 is 5.88. The van der Waals surface area contributed by atoms with Crippen LogP contribution in [0, 0.1) is 5.41 Å². The molecule has 1 amide bonds. The molecule has 1 aromatic carbocycles. The molecule has 1 fully saturated rings. The molecule has 0 spiro atoms. The average Bonchev–Trinajstić information content (AvgIpc) is 2.52. The van der Waals surface area contributed by atoms with E-state index in [1.807, 2.05) is 20.8 Å². The van der Waals surface area contributed by atoms with Crippen LogP contribution >= 0.6 is 24.0 Å². The summed E-state index contributed by atoms with van der Waals surface area (Å²) < 4.78 is 26.7. The summed E-state index contributed by atoms with van der Waals surface area (Å²) in [6, 6.07) is 5.59.